The molecule has 0 saturated carbocycles. The number of nitrogens with zero attached hydrogens (tertiary/aromatic N) is 1. The fourth-order valence-corrected chi connectivity index (χ4v) is 1.85. The van der Waals surface area contributed by atoms with Gasteiger partial charge in [-0.15, -0.1) is 0 Å². The first-order valence-corrected chi connectivity index (χ1v) is 6.12. The Kier molecular flexibility index (Phi) is 4.92. The molecule has 0 heterocycles. The molecule has 1 amide bonds. The number of amides is 1. The maximum absolute atomic E-state index is 12.3. The van der Waals surface area contributed by atoms with Gasteiger partial charge < -0.3 is 15.1 Å². The Hall–Kier alpha value is -2.04. The van der Waals surface area contributed by atoms with E-state index in [4.69, 9.17) is 5.11 Å². The van der Waals surface area contributed by atoms with Crippen LogP contribution in [0.1, 0.15) is 29.8 Å². The predicted octanol–water partition coefficient (Wildman–Crippen LogP) is 1.88. The normalized spacial score (nSPS) is 10.5. The number of carbonyl (C=O) groups is 2. The molecule has 0 unspecified atom stereocenters. The van der Waals surface area contributed by atoms with Gasteiger partial charge in [0.05, 0.1) is 0 Å². The third kappa shape index (κ3) is 3.98. The molecule has 5 nitrogen and oxygen atoms in total. The molecule has 5 heteroatoms. The summed E-state index contributed by atoms with van der Waals surface area (Å²) >= 11 is 0. The average Bonchev–Trinajstić information content (AvgIpc) is 2.30. The quantitative estimate of drug-likeness (QED) is 0.852. The van der Waals surface area contributed by atoms with Gasteiger partial charge in [0.25, 0.3) is 5.91 Å². The third-order valence-electron chi connectivity index (χ3n) is 2.73. The maximum atomic E-state index is 12.3. The number of phenols is 1. The van der Waals surface area contributed by atoms with E-state index in [0.717, 1.165) is 0 Å². The summed E-state index contributed by atoms with van der Waals surface area (Å²) in [5.41, 5.74) is 0.800. The second-order valence-electron chi connectivity index (χ2n) is 4.92. The highest BCUT2D eigenvalue weighted by atomic mass is 16.4. The van der Waals surface area contributed by atoms with Gasteiger partial charge in [0.1, 0.15) is 12.3 Å². The second kappa shape index (κ2) is 6.22. The lowest BCUT2D eigenvalue weighted by Gasteiger charge is -2.23. The highest BCUT2D eigenvalue weighted by Gasteiger charge is 2.21. The average molecular weight is 265 g/mol. The zero-order valence-corrected chi connectivity index (χ0v) is 11.4. The van der Waals surface area contributed by atoms with Crippen molar-refractivity contribution in [1.82, 2.24) is 4.90 Å². The molecule has 0 bridgehead atoms. The van der Waals surface area contributed by atoms with Crippen molar-refractivity contribution in [2.45, 2.75) is 20.8 Å². The Bertz CT molecular complexity index is 482. The Morgan fingerprint density at radius 1 is 1.32 bits per heavy atom. The number of carbonyl (C=O) groups excluding carboxylic acids is 1. The summed E-state index contributed by atoms with van der Waals surface area (Å²) in [4.78, 5) is 24.5. The molecule has 0 aliphatic rings. The molecule has 0 saturated heterocycles. The van der Waals surface area contributed by atoms with Gasteiger partial charge in [0.15, 0.2) is 0 Å². The van der Waals surface area contributed by atoms with Crippen LogP contribution < -0.4 is 0 Å². The van der Waals surface area contributed by atoms with E-state index in [-0.39, 0.29) is 24.1 Å². The molecule has 0 spiro atoms. The van der Waals surface area contributed by atoms with E-state index >= 15 is 0 Å². The van der Waals surface area contributed by atoms with Crippen LogP contribution in [-0.4, -0.2) is 40.1 Å². The molecule has 0 atom stereocenters. The molecule has 0 aliphatic heterocycles. The van der Waals surface area contributed by atoms with Crippen molar-refractivity contribution in [2.75, 3.05) is 13.1 Å². The van der Waals surface area contributed by atoms with Crippen LogP contribution in [0, 0.1) is 12.8 Å². The number of carboxylic acid groups (broad SMARTS) is 1. The summed E-state index contributed by atoms with van der Waals surface area (Å²) < 4.78 is 0. The number of hydrogen-bond donors (Lipinski definition) is 2. The van der Waals surface area contributed by atoms with Gasteiger partial charge in [-0.3, -0.25) is 9.59 Å². The van der Waals surface area contributed by atoms with E-state index < -0.39 is 5.97 Å². The minimum atomic E-state index is -1.05. The summed E-state index contributed by atoms with van der Waals surface area (Å²) in [5, 5.41) is 18.5. The molecule has 1 aromatic carbocycles. The van der Waals surface area contributed by atoms with E-state index in [1.807, 2.05) is 13.8 Å². The third-order valence-corrected chi connectivity index (χ3v) is 2.73. The van der Waals surface area contributed by atoms with Gasteiger partial charge in [-0.1, -0.05) is 19.9 Å². The van der Waals surface area contributed by atoms with Gasteiger partial charge in [-0.05, 0) is 25.0 Å². The van der Waals surface area contributed by atoms with Crippen LogP contribution in [0.25, 0.3) is 0 Å². The van der Waals surface area contributed by atoms with Crippen molar-refractivity contribution in [3.8, 4) is 5.75 Å². The number of rotatable bonds is 5. The van der Waals surface area contributed by atoms with Gasteiger partial charge >= 0.3 is 5.97 Å². The first-order chi connectivity index (χ1) is 8.82. The molecule has 19 heavy (non-hydrogen) atoms. The number of carboxylic acids is 1. The Morgan fingerprint density at radius 3 is 2.47 bits per heavy atom. The summed E-state index contributed by atoms with van der Waals surface area (Å²) in [6, 6.07) is 4.66. The maximum Gasteiger partial charge on any atom is 0.323 e. The summed E-state index contributed by atoms with van der Waals surface area (Å²) in [6.45, 7) is 5.48. The molecule has 0 radical (unpaired) electrons. The summed E-state index contributed by atoms with van der Waals surface area (Å²) in [7, 11) is 0. The van der Waals surface area contributed by atoms with Crippen LogP contribution in [0.3, 0.4) is 0 Å². The van der Waals surface area contributed by atoms with E-state index in [1.54, 1.807) is 19.1 Å². The summed E-state index contributed by atoms with van der Waals surface area (Å²) in [5.74, 6) is -1.22. The molecule has 0 fully saturated rings. The first kappa shape index (κ1) is 15.0. The summed E-state index contributed by atoms with van der Waals surface area (Å²) in [6.07, 6.45) is 0. The van der Waals surface area contributed by atoms with Crippen LogP contribution in [0.2, 0.25) is 0 Å². The molecular weight excluding hydrogens is 246 g/mol. The fourth-order valence-electron chi connectivity index (χ4n) is 1.85. The first-order valence-electron chi connectivity index (χ1n) is 6.12. The minimum absolute atomic E-state index is 0.0330. The lowest BCUT2D eigenvalue weighted by Crippen LogP contribution is -2.38. The van der Waals surface area contributed by atoms with Crippen LogP contribution in [0.5, 0.6) is 5.75 Å². The molecule has 1 rings (SSSR count). The highest BCUT2D eigenvalue weighted by molar-refractivity contribution is 5.97. The zero-order chi connectivity index (χ0) is 14.6. The van der Waals surface area contributed by atoms with Crippen LogP contribution >= 0.6 is 0 Å². The molecule has 0 aromatic heterocycles. The van der Waals surface area contributed by atoms with Gasteiger partial charge in [0.2, 0.25) is 0 Å². The Labute approximate surface area is 112 Å². The molecule has 1 aromatic rings. The van der Waals surface area contributed by atoms with Gasteiger partial charge in [0, 0.05) is 17.7 Å². The van der Waals surface area contributed by atoms with Crippen molar-refractivity contribution in [3.63, 3.8) is 0 Å². The molecule has 104 valence electrons. The van der Waals surface area contributed by atoms with E-state index in [0.29, 0.717) is 17.7 Å². The second-order valence-corrected chi connectivity index (χ2v) is 4.92. The smallest absolute Gasteiger partial charge is 0.323 e. The van der Waals surface area contributed by atoms with Crippen molar-refractivity contribution < 1.29 is 19.8 Å². The van der Waals surface area contributed by atoms with Gasteiger partial charge in [-0.25, -0.2) is 0 Å². The lowest BCUT2D eigenvalue weighted by molar-refractivity contribution is -0.137. The number of benzene rings is 1. The van der Waals surface area contributed by atoms with Crippen molar-refractivity contribution >= 4 is 11.9 Å². The van der Waals surface area contributed by atoms with Crippen molar-refractivity contribution in [3.05, 3.63) is 29.3 Å². The Morgan fingerprint density at radius 2 is 1.95 bits per heavy atom. The predicted molar refractivity (Wildman–Crippen MR) is 71.2 cm³/mol. The van der Waals surface area contributed by atoms with Crippen molar-refractivity contribution in [2.24, 2.45) is 5.92 Å². The van der Waals surface area contributed by atoms with E-state index in [1.165, 1.54) is 11.0 Å². The number of hydrogen-bond acceptors (Lipinski definition) is 3. The minimum Gasteiger partial charge on any atom is -0.508 e. The SMILES string of the molecule is Cc1c(O)cccc1C(=O)N(CC(=O)O)CC(C)C. The molecule has 2 N–H and O–H groups in total. The topological polar surface area (TPSA) is 77.8 Å². The van der Waals surface area contributed by atoms with Gasteiger partial charge in [-0.2, -0.15) is 0 Å². The zero-order valence-electron chi connectivity index (χ0n) is 11.4. The van der Waals surface area contributed by atoms with E-state index in [9.17, 15) is 14.7 Å². The fraction of sp³-hybridized carbons (Fsp3) is 0.429. The number of phenolic OH excluding ortho intramolecular Hbond substituents is 1. The Balaban J connectivity index is 3.04. The molecular formula is C14H19NO4. The van der Waals surface area contributed by atoms with Crippen molar-refractivity contribution in [1.29, 1.82) is 0 Å². The standard InChI is InChI=1S/C14H19NO4/c1-9(2)7-15(8-13(17)18)14(19)11-5-4-6-12(16)10(11)3/h4-6,9,16H,7-8H2,1-3H3,(H,17,18). The van der Waals surface area contributed by atoms with Crippen LogP contribution in [0.15, 0.2) is 18.2 Å². The monoisotopic (exact) mass is 265 g/mol. The van der Waals surface area contributed by atoms with Crippen LogP contribution in [0.4, 0.5) is 0 Å². The van der Waals surface area contributed by atoms with Crippen LogP contribution in [-0.2, 0) is 4.79 Å². The highest BCUT2D eigenvalue weighted by Crippen LogP contribution is 2.21. The lowest BCUT2D eigenvalue weighted by atomic mass is 10.1. The largest absolute Gasteiger partial charge is 0.508 e. The molecule has 0 aliphatic carbocycles. The van der Waals surface area contributed by atoms with E-state index in [2.05, 4.69) is 0 Å². The number of aromatic hydroxyl groups is 1. The number of aliphatic carboxylic acids is 1.